The van der Waals surface area contributed by atoms with Crippen molar-refractivity contribution in [2.24, 2.45) is 0 Å². The first kappa shape index (κ1) is 20.2. The normalized spacial score (nSPS) is 14.9. The van der Waals surface area contributed by atoms with Crippen molar-refractivity contribution in [3.05, 3.63) is 42.0 Å². The van der Waals surface area contributed by atoms with E-state index in [0.29, 0.717) is 36.9 Å². The molecule has 8 nitrogen and oxygen atoms in total. The number of carbonyl (C=O) groups excluding carboxylic acids is 2. The highest BCUT2D eigenvalue weighted by atomic mass is 32.2. The molecule has 2 aromatic rings. The predicted octanol–water partition coefficient (Wildman–Crippen LogP) is 2.17. The monoisotopic (exact) mass is 430 g/mol. The molecule has 0 unspecified atom stereocenters. The number of benzene rings is 2. The standard InChI is InChI=1S/C21H22N2O6S/c1-14(24)23-8-6-15-12-16(2-4-18(15)23)22-21(25)7-11-30(26,27)17-3-5-19-20(13-17)29-10-9-28-19/h2-5,12-13H,6-11H2,1H3,(H,22,25). The maximum Gasteiger partial charge on any atom is 0.225 e. The zero-order valence-corrected chi connectivity index (χ0v) is 17.3. The van der Waals surface area contributed by atoms with Crippen LogP contribution in [-0.2, 0) is 25.8 Å². The first-order valence-corrected chi connectivity index (χ1v) is 11.3. The summed E-state index contributed by atoms with van der Waals surface area (Å²) >= 11 is 0. The summed E-state index contributed by atoms with van der Waals surface area (Å²) in [5.41, 5.74) is 2.41. The van der Waals surface area contributed by atoms with Gasteiger partial charge in [-0.1, -0.05) is 0 Å². The van der Waals surface area contributed by atoms with E-state index in [1.807, 2.05) is 6.07 Å². The van der Waals surface area contributed by atoms with E-state index < -0.39 is 15.7 Å². The van der Waals surface area contributed by atoms with Crippen LogP contribution in [0.15, 0.2) is 41.3 Å². The van der Waals surface area contributed by atoms with Crippen LogP contribution in [0, 0.1) is 0 Å². The number of nitrogens with zero attached hydrogens (tertiary/aromatic N) is 1. The lowest BCUT2D eigenvalue weighted by Crippen LogP contribution is -2.25. The Morgan fingerprint density at radius 3 is 2.60 bits per heavy atom. The minimum Gasteiger partial charge on any atom is -0.486 e. The quantitative estimate of drug-likeness (QED) is 0.780. The maximum atomic E-state index is 12.6. The van der Waals surface area contributed by atoms with E-state index in [4.69, 9.17) is 9.47 Å². The van der Waals surface area contributed by atoms with E-state index in [0.717, 1.165) is 17.7 Å². The van der Waals surface area contributed by atoms with Gasteiger partial charge in [0, 0.05) is 37.3 Å². The molecule has 158 valence electrons. The second-order valence-corrected chi connectivity index (χ2v) is 9.30. The first-order valence-electron chi connectivity index (χ1n) is 9.67. The van der Waals surface area contributed by atoms with Gasteiger partial charge in [0.25, 0.3) is 0 Å². The number of anilines is 2. The zero-order valence-electron chi connectivity index (χ0n) is 16.5. The lowest BCUT2D eigenvalue weighted by molar-refractivity contribution is -0.117. The molecule has 30 heavy (non-hydrogen) atoms. The van der Waals surface area contributed by atoms with Crippen molar-refractivity contribution >= 4 is 33.0 Å². The second kappa shape index (κ2) is 7.98. The molecule has 0 spiro atoms. The van der Waals surface area contributed by atoms with Crippen LogP contribution in [0.1, 0.15) is 18.9 Å². The Balaban J connectivity index is 1.38. The van der Waals surface area contributed by atoms with Crippen LogP contribution >= 0.6 is 0 Å². The molecule has 9 heteroatoms. The fraction of sp³-hybridized carbons (Fsp3) is 0.333. The molecule has 0 radical (unpaired) electrons. The summed E-state index contributed by atoms with van der Waals surface area (Å²) in [6.07, 6.45) is 0.546. The Hall–Kier alpha value is -3.07. The molecule has 2 heterocycles. The molecule has 2 amide bonds. The summed E-state index contributed by atoms with van der Waals surface area (Å²) in [7, 11) is -3.65. The Labute approximate surface area is 174 Å². The number of carbonyl (C=O) groups is 2. The Kier molecular flexibility index (Phi) is 5.38. The number of hydrogen-bond donors (Lipinski definition) is 1. The predicted molar refractivity (Wildman–Crippen MR) is 111 cm³/mol. The summed E-state index contributed by atoms with van der Waals surface area (Å²) in [5, 5.41) is 2.74. The van der Waals surface area contributed by atoms with Crippen molar-refractivity contribution in [3.63, 3.8) is 0 Å². The molecular weight excluding hydrogens is 408 g/mol. The summed E-state index contributed by atoms with van der Waals surface area (Å²) in [6.45, 7) is 2.93. The van der Waals surface area contributed by atoms with Gasteiger partial charge in [-0.2, -0.15) is 0 Å². The number of fused-ring (bicyclic) bond motifs is 2. The van der Waals surface area contributed by atoms with Crippen molar-refractivity contribution in [2.75, 3.05) is 35.7 Å². The van der Waals surface area contributed by atoms with Gasteiger partial charge in [0.05, 0.1) is 10.6 Å². The van der Waals surface area contributed by atoms with Crippen molar-refractivity contribution in [1.82, 2.24) is 0 Å². The molecule has 0 aliphatic carbocycles. The Morgan fingerprint density at radius 1 is 1.07 bits per heavy atom. The minimum absolute atomic E-state index is 0.0186. The third-order valence-corrected chi connectivity index (χ3v) is 6.82. The number of hydrogen-bond acceptors (Lipinski definition) is 6. The van der Waals surface area contributed by atoms with Gasteiger partial charge in [-0.3, -0.25) is 9.59 Å². The van der Waals surface area contributed by atoms with Gasteiger partial charge in [0.1, 0.15) is 13.2 Å². The minimum atomic E-state index is -3.65. The number of rotatable bonds is 5. The van der Waals surface area contributed by atoms with E-state index in [1.165, 1.54) is 19.1 Å². The molecule has 2 aliphatic rings. The molecular formula is C21H22N2O6S. The molecule has 1 N–H and O–H groups in total. The van der Waals surface area contributed by atoms with Crippen molar-refractivity contribution < 1.29 is 27.5 Å². The van der Waals surface area contributed by atoms with E-state index >= 15 is 0 Å². The molecule has 0 bridgehead atoms. The van der Waals surface area contributed by atoms with Crippen molar-refractivity contribution in [2.45, 2.75) is 24.7 Å². The third kappa shape index (κ3) is 4.11. The maximum absolute atomic E-state index is 12.6. The van der Waals surface area contributed by atoms with Crippen LogP contribution in [0.5, 0.6) is 11.5 Å². The van der Waals surface area contributed by atoms with E-state index in [9.17, 15) is 18.0 Å². The zero-order chi connectivity index (χ0) is 21.3. The molecule has 2 aliphatic heterocycles. The topological polar surface area (TPSA) is 102 Å². The molecule has 0 aromatic heterocycles. The average Bonchev–Trinajstić information content (AvgIpc) is 3.15. The summed E-state index contributed by atoms with van der Waals surface area (Å²) < 4.78 is 36.1. The van der Waals surface area contributed by atoms with E-state index in [2.05, 4.69) is 5.32 Å². The van der Waals surface area contributed by atoms with Crippen LogP contribution < -0.4 is 19.7 Å². The fourth-order valence-corrected chi connectivity index (χ4v) is 4.84. The molecule has 0 saturated heterocycles. The molecule has 0 atom stereocenters. The third-order valence-electron chi connectivity index (χ3n) is 5.11. The van der Waals surface area contributed by atoms with Crippen LogP contribution in [0.4, 0.5) is 11.4 Å². The number of ether oxygens (including phenoxy) is 2. The van der Waals surface area contributed by atoms with Crippen LogP contribution in [-0.4, -0.2) is 45.7 Å². The van der Waals surface area contributed by atoms with Crippen LogP contribution in [0.25, 0.3) is 0 Å². The van der Waals surface area contributed by atoms with Gasteiger partial charge in [-0.25, -0.2) is 8.42 Å². The van der Waals surface area contributed by atoms with Crippen molar-refractivity contribution in [1.29, 1.82) is 0 Å². The highest BCUT2D eigenvalue weighted by Gasteiger charge is 2.23. The van der Waals surface area contributed by atoms with Crippen LogP contribution in [0.3, 0.4) is 0 Å². The van der Waals surface area contributed by atoms with Gasteiger partial charge in [0.15, 0.2) is 21.3 Å². The average molecular weight is 430 g/mol. The van der Waals surface area contributed by atoms with E-state index in [-0.39, 0.29) is 23.0 Å². The first-order chi connectivity index (χ1) is 14.3. The smallest absolute Gasteiger partial charge is 0.225 e. The lowest BCUT2D eigenvalue weighted by Gasteiger charge is -2.18. The summed E-state index contributed by atoms with van der Waals surface area (Å²) in [5.74, 6) is 0.177. The Bertz CT molecular complexity index is 1110. The van der Waals surface area contributed by atoms with Gasteiger partial charge in [-0.15, -0.1) is 0 Å². The molecule has 0 fully saturated rings. The highest BCUT2D eigenvalue weighted by molar-refractivity contribution is 7.91. The number of nitrogens with one attached hydrogen (secondary N) is 1. The Morgan fingerprint density at radius 2 is 1.83 bits per heavy atom. The lowest BCUT2D eigenvalue weighted by atomic mass is 10.1. The van der Waals surface area contributed by atoms with Gasteiger partial charge >= 0.3 is 0 Å². The fourth-order valence-electron chi connectivity index (χ4n) is 3.59. The van der Waals surface area contributed by atoms with Gasteiger partial charge < -0.3 is 19.7 Å². The van der Waals surface area contributed by atoms with Crippen molar-refractivity contribution in [3.8, 4) is 11.5 Å². The SMILES string of the molecule is CC(=O)N1CCc2cc(NC(=O)CCS(=O)(=O)c3ccc4c(c3)OCCO4)ccc21. The largest absolute Gasteiger partial charge is 0.486 e. The van der Waals surface area contributed by atoms with Gasteiger partial charge in [0.2, 0.25) is 11.8 Å². The van der Waals surface area contributed by atoms with Crippen LogP contribution in [0.2, 0.25) is 0 Å². The molecule has 0 saturated carbocycles. The second-order valence-electron chi connectivity index (χ2n) is 7.19. The number of amides is 2. The van der Waals surface area contributed by atoms with Gasteiger partial charge in [-0.05, 0) is 42.3 Å². The molecule has 4 rings (SSSR count). The summed E-state index contributed by atoms with van der Waals surface area (Å²) in [4.78, 5) is 25.7. The highest BCUT2D eigenvalue weighted by Crippen LogP contribution is 2.33. The molecule has 2 aromatic carbocycles. The summed E-state index contributed by atoms with van der Waals surface area (Å²) in [6, 6.07) is 9.80. The van der Waals surface area contributed by atoms with E-state index in [1.54, 1.807) is 23.1 Å². The number of sulfone groups is 1.